The molecule has 1 N–H and O–H groups in total. The minimum Gasteiger partial charge on any atom is -0.481 e. The second-order valence-corrected chi connectivity index (χ2v) is 5.03. The number of likely N-dealkylation sites (tertiary alicyclic amines) is 1. The zero-order valence-corrected chi connectivity index (χ0v) is 11.1. The Morgan fingerprint density at radius 1 is 1.44 bits per heavy atom. The van der Waals surface area contributed by atoms with Crippen molar-refractivity contribution in [2.45, 2.75) is 12.5 Å². The highest BCUT2D eigenvalue weighted by atomic mass is 35.5. The zero-order valence-electron chi connectivity index (χ0n) is 9.56. The Kier molecular flexibility index (Phi) is 3.50. The number of carboxylic acid groups (broad SMARTS) is 1. The largest absolute Gasteiger partial charge is 0.481 e. The summed E-state index contributed by atoms with van der Waals surface area (Å²) in [7, 11) is 1.58. The Morgan fingerprint density at radius 3 is 2.72 bits per heavy atom. The molecule has 0 aliphatic carbocycles. The van der Waals surface area contributed by atoms with E-state index in [1.165, 1.54) is 4.90 Å². The first-order valence-corrected chi connectivity index (χ1v) is 6.11. The van der Waals surface area contributed by atoms with Gasteiger partial charge in [-0.3, -0.25) is 9.59 Å². The molecule has 2 unspecified atom stereocenters. The van der Waals surface area contributed by atoms with E-state index in [1.807, 2.05) is 0 Å². The molecule has 1 amide bonds. The number of aliphatic carboxylic acids is 1. The SMILES string of the molecule is CN1C(=O)CC(C(=O)O)C1c1cccc(Cl)c1Cl. The summed E-state index contributed by atoms with van der Waals surface area (Å²) in [4.78, 5) is 24.3. The number of rotatable bonds is 2. The van der Waals surface area contributed by atoms with Gasteiger partial charge in [0.25, 0.3) is 0 Å². The van der Waals surface area contributed by atoms with Crippen molar-refractivity contribution in [3.63, 3.8) is 0 Å². The fraction of sp³-hybridized carbons (Fsp3) is 0.333. The highest BCUT2D eigenvalue weighted by molar-refractivity contribution is 6.42. The van der Waals surface area contributed by atoms with Crippen molar-refractivity contribution in [3.8, 4) is 0 Å². The predicted molar refractivity (Wildman–Crippen MR) is 67.7 cm³/mol. The Bertz CT molecular complexity index is 518. The maximum atomic E-state index is 11.7. The summed E-state index contributed by atoms with van der Waals surface area (Å²) in [5.41, 5.74) is 0.574. The lowest BCUT2D eigenvalue weighted by atomic mass is 9.94. The lowest BCUT2D eigenvalue weighted by Crippen LogP contribution is -2.27. The van der Waals surface area contributed by atoms with E-state index in [-0.39, 0.29) is 12.3 Å². The van der Waals surface area contributed by atoms with Crippen molar-refractivity contribution in [1.82, 2.24) is 4.90 Å². The molecular weight excluding hydrogens is 277 g/mol. The smallest absolute Gasteiger partial charge is 0.309 e. The van der Waals surface area contributed by atoms with Crippen molar-refractivity contribution in [2.75, 3.05) is 7.05 Å². The lowest BCUT2D eigenvalue weighted by molar-refractivity contribution is -0.142. The van der Waals surface area contributed by atoms with Gasteiger partial charge < -0.3 is 10.0 Å². The molecule has 1 fully saturated rings. The van der Waals surface area contributed by atoms with Crippen LogP contribution in [0.2, 0.25) is 10.0 Å². The number of carboxylic acids is 1. The number of carbonyl (C=O) groups is 2. The van der Waals surface area contributed by atoms with Crippen LogP contribution in [0.5, 0.6) is 0 Å². The third-order valence-corrected chi connectivity index (χ3v) is 4.04. The first kappa shape index (κ1) is 13.2. The Morgan fingerprint density at radius 2 is 2.11 bits per heavy atom. The van der Waals surface area contributed by atoms with E-state index in [0.717, 1.165) is 0 Å². The summed E-state index contributed by atoms with van der Waals surface area (Å²) in [6.07, 6.45) is -0.0145. The fourth-order valence-electron chi connectivity index (χ4n) is 2.27. The highest BCUT2D eigenvalue weighted by Crippen LogP contribution is 2.41. The number of amides is 1. The molecule has 2 rings (SSSR count). The van der Waals surface area contributed by atoms with Gasteiger partial charge in [-0.25, -0.2) is 0 Å². The quantitative estimate of drug-likeness (QED) is 0.910. The van der Waals surface area contributed by atoms with Crippen LogP contribution in [0.4, 0.5) is 0 Å². The molecule has 1 heterocycles. The van der Waals surface area contributed by atoms with Gasteiger partial charge in [-0.05, 0) is 11.6 Å². The number of carbonyl (C=O) groups excluding carboxylic acids is 1. The molecule has 0 bridgehead atoms. The van der Waals surface area contributed by atoms with E-state index in [2.05, 4.69) is 0 Å². The van der Waals surface area contributed by atoms with Crippen LogP contribution < -0.4 is 0 Å². The van der Waals surface area contributed by atoms with Gasteiger partial charge in [-0.2, -0.15) is 0 Å². The second-order valence-electron chi connectivity index (χ2n) is 4.24. The van der Waals surface area contributed by atoms with Crippen LogP contribution in [-0.2, 0) is 9.59 Å². The molecular formula is C12H11Cl2NO3. The Labute approximate surface area is 114 Å². The van der Waals surface area contributed by atoms with Crippen LogP contribution in [0.1, 0.15) is 18.0 Å². The van der Waals surface area contributed by atoms with Crippen molar-refractivity contribution >= 4 is 35.1 Å². The van der Waals surface area contributed by atoms with Crippen molar-refractivity contribution < 1.29 is 14.7 Å². The van der Waals surface area contributed by atoms with Gasteiger partial charge in [-0.15, -0.1) is 0 Å². The standard InChI is InChI=1S/C12H11Cl2NO3/c1-15-9(16)5-7(12(17)18)11(15)6-3-2-4-8(13)10(6)14/h2-4,7,11H,5H2,1H3,(H,17,18). The number of nitrogens with zero attached hydrogens (tertiary/aromatic N) is 1. The van der Waals surface area contributed by atoms with Gasteiger partial charge in [0.2, 0.25) is 5.91 Å². The Balaban J connectivity index is 2.49. The van der Waals surface area contributed by atoms with E-state index in [4.69, 9.17) is 23.2 Å². The summed E-state index contributed by atoms with van der Waals surface area (Å²) >= 11 is 12.0. The second kappa shape index (κ2) is 4.78. The normalized spacial score (nSPS) is 23.5. The first-order chi connectivity index (χ1) is 8.43. The molecule has 0 radical (unpaired) electrons. The summed E-state index contributed by atoms with van der Waals surface area (Å²) in [5, 5.41) is 9.84. The van der Waals surface area contributed by atoms with Crippen LogP contribution in [0.15, 0.2) is 18.2 Å². The monoisotopic (exact) mass is 287 g/mol. The third kappa shape index (κ3) is 2.06. The molecule has 1 aromatic carbocycles. The van der Waals surface area contributed by atoms with E-state index in [1.54, 1.807) is 25.2 Å². The first-order valence-electron chi connectivity index (χ1n) is 5.36. The van der Waals surface area contributed by atoms with Gasteiger partial charge in [-0.1, -0.05) is 35.3 Å². The van der Waals surface area contributed by atoms with Crippen LogP contribution in [0.3, 0.4) is 0 Å². The zero-order chi connectivity index (χ0) is 13.4. The highest BCUT2D eigenvalue weighted by Gasteiger charge is 2.43. The van der Waals surface area contributed by atoms with E-state index < -0.39 is 17.9 Å². The third-order valence-electron chi connectivity index (χ3n) is 3.20. The molecule has 2 atom stereocenters. The molecule has 0 aromatic heterocycles. The van der Waals surface area contributed by atoms with Gasteiger partial charge in [0, 0.05) is 13.5 Å². The molecule has 1 aliphatic heterocycles. The van der Waals surface area contributed by atoms with Gasteiger partial charge in [0.05, 0.1) is 22.0 Å². The number of halogens is 2. The molecule has 0 saturated carbocycles. The van der Waals surface area contributed by atoms with Gasteiger partial charge in [0.1, 0.15) is 0 Å². The average molecular weight is 288 g/mol. The van der Waals surface area contributed by atoms with E-state index >= 15 is 0 Å². The van der Waals surface area contributed by atoms with E-state index in [0.29, 0.717) is 15.6 Å². The van der Waals surface area contributed by atoms with E-state index in [9.17, 15) is 14.7 Å². The average Bonchev–Trinajstić information content (AvgIpc) is 2.60. The van der Waals surface area contributed by atoms with Gasteiger partial charge >= 0.3 is 5.97 Å². The summed E-state index contributed by atoms with van der Waals surface area (Å²) < 4.78 is 0. The van der Waals surface area contributed by atoms with Crippen molar-refractivity contribution in [2.24, 2.45) is 5.92 Å². The molecule has 6 heteroatoms. The van der Waals surface area contributed by atoms with Crippen LogP contribution >= 0.6 is 23.2 Å². The van der Waals surface area contributed by atoms with Crippen molar-refractivity contribution in [1.29, 1.82) is 0 Å². The lowest BCUT2D eigenvalue weighted by Gasteiger charge is -2.24. The molecule has 1 aromatic rings. The number of hydrogen-bond donors (Lipinski definition) is 1. The number of benzene rings is 1. The molecule has 1 saturated heterocycles. The van der Waals surface area contributed by atoms with Crippen LogP contribution in [0, 0.1) is 5.92 Å². The topological polar surface area (TPSA) is 57.6 Å². The maximum Gasteiger partial charge on any atom is 0.309 e. The summed E-state index contributed by atoms with van der Waals surface area (Å²) in [6, 6.07) is 4.45. The number of hydrogen-bond acceptors (Lipinski definition) is 2. The molecule has 1 aliphatic rings. The minimum atomic E-state index is -1.01. The summed E-state index contributed by atoms with van der Waals surface area (Å²) in [6.45, 7) is 0. The maximum absolute atomic E-state index is 11.7. The predicted octanol–water partition coefficient (Wildman–Crippen LogP) is 2.60. The summed E-state index contributed by atoms with van der Waals surface area (Å²) in [5.74, 6) is -2.00. The van der Waals surface area contributed by atoms with Crippen LogP contribution in [-0.4, -0.2) is 28.9 Å². The molecule has 18 heavy (non-hydrogen) atoms. The minimum absolute atomic E-state index is 0.0145. The fourth-order valence-corrected chi connectivity index (χ4v) is 2.69. The van der Waals surface area contributed by atoms with Gasteiger partial charge in [0.15, 0.2) is 0 Å². The molecule has 0 spiro atoms. The Hall–Kier alpha value is -1.26. The molecule has 4 nitrogen and oxygen atoms in total. The van der Waals surface area contributed by atoms with Crippen LogP contribution in [0.25, 0.3) is 0 Å². The van der Waals surface area contributed by atoms with Crippen molar-refractivity contribution in [3.05, 3.63) is 33.8 Å². The molecule has 96 valence electrons.